The lowest BCUT2D eigenvalue weighted by atomic mass is 10.2. The number of H-pyrrole nitrogens is 1. The number of hydrazone groups is 1. The lowest BCUT2D eigenvalue weighted by Gasteiger charge is -2.09. The maximum atomic E-state index is 12.9. The van der Waals surface area contributed by atoms with Crippen LogP contribution in [0.25, 0.3) is 5.69 Å². The molecule has 0 aliphatic carbocycles. The van der Waals surface area contributed by atoms with Gasteiger partial charge in [-0.2, -0.15) is 23.4 Å². The highest BCUT2D eigenvalue weighted by atomic mass is 35.5. The molecule has 8 nitrogen and oxygen atoms in total. The van der Waals surface area contributed by atoms with Crippen molar-refractivity contribution in [2.45, 2.75) is 20.0 Å². The molecule has 0 fully saturated rings. The van der Waals surface area contributed by atoms with Gasteiger partial charge in [-0.1, -0.05) is 17.7 Å². The zero-order valence-electron chi connectivity index (χ0n) is 14.5. The monoisotopic (exact) mass is 411 g/mol. The summed E-state index contributed by atoms with van der Waals surface area (Å²) in [5, 5.41) is 15.5. The second-order valence-corrected chi connectivity index (χ2v) is 6.07. The minimum Gasteiger partial charge on any atom is -0.288 e. The summed E-state index contributed by atoms with van der Waals surface area (Å²) < 4.78 is 39.9. The third-order valence-corrected chi connectivity index (χ3v) is 4.05. The summed E-state index contributed by atoms with van der Waals surface area (Å²) in [5.41, 5.74) is 2.45. The molecule has 0 radical (unpaired) electrons. The summed E-state index contributed by atoms with van der Waals surface area (Å²) in [6.07, 6.45) is -3.17. The number of hydrogen-bond acceptors (Lipinski definition) is 6. The Bertz CT molecular complexity index is 1100. The Labute approximate surface area is 161 Å². The van der Waals surface area contributed by atoms with Crippen LogP contribution in [0.3, 0.4) is 0 Å². The molecule has 2 N–H and O–H groups in total. The van der Waals surface area contributed by atoms with E-state index in [4.69, 9.17) is 11.6 Å². The second kappa shape index (κ2) is 7.43. The first-order valence-corrected chi connectivity index (χ1v) is 8.20. The number of benzene rings is 1. The van der Waals surface area contributed by atoms with Crippen molar-refractivity contribution in [3.63, 3.8) is 0 Å². The Kier molecular flexibility index (Phi) is 5.18. The van der Waals surface area contributed by atoms with Gasteiger partial charge in [0.15, 0.2) is 0 Å². The summed E-state index contributed by atoms with van der Waals surface area (Å²) in [7, 11) is 0. The molecule has 0 atom stereocenters. The highest BCUT2D eigenvalue weighted by Crippen LogP contribution is 2.31. The number of alkyl halides is 3. The van der Waals surface area contributed by atoms with Gasteiger partial charge < -0.3 is 0 Å². The van der Waals surface area contributed by atoms with Crippen LogP contribution in [0.1, 0.15) is 22.5 Å². The predicted molar refractivity (Wildman–Crippen MR) is 96.9 cm³/mol. The topological polar surface area (TPSA) is 101 Å². The van der Waals surface area contributed by atoms with E-state index in [9.17, 15) is 18.0 Å². The summed E-state index contributed by atoms with van der Waals surface area (Å²) in [6, 6.07) is 4.64. The lowest BCUT2D eigenvalue weighted by molar-refractivity contribution is -0.137. The van der Waals surface area contributed by atoms with Crippen molar-refractivity contribution in [3.05, 3.63) is 62.3 Å². The maximum Gasteiger partial charge on any atom is 0.416 e. The van der Waals surface area contributed by atoms with Crippen molar-refractivity contribution in [2.75, 3.05) is 5.43 Å². The fourth-order valence-corrected chi connectivity index (χ4v) is 2.57. The van der Waals surface area contributed by atoms with E-state index in [-0.39, 0.29) is 22.5 Å². The predicted octanol–water partition coefficient (Wildman–Crippen LogP) is 3.09. The zero-order chi connectivity index (χ0) is 20.5. The fourth-order valence-electron chi connectivity index (χ4n) is 2.24. The molecule has 0 bridgehead atoms. The van der Waals surface area contributed by atoms with E-state index in [1.54, 1.807) is 6.92 Å². The molecule has 12 heteroatoms. The molecule has 3 aromatic rings. The summed E-state index contributed by atoms with van der Waals surface area (Å²) in [4.78, 5) is 13.9. The van der Waals surface area contributed by atoms with E-state index in [0.717, 1.165) is 12.1 Å². The minimum atomic E-state index is -4.48. The van der Waals surface area contributed by atoms with Crippen molar-refractivity contribution in [1.82, 2.24) is 25.0 Å². The Hall–Kier alpha value is -3.21. The number of aryl methyl sites for hydroxylation is 2. The molecule has 28 heavy (non-hydrogen) atoms. The molecule has 0 saturated carbocycles. The number of nitrogens with one attached hydrogen (secondary N) is 2. The third kappa shape index (κ3) is 4.03. The Morgan fingerprint density at radius 1 is 1.25 bits per heavy atom. The quantitative estimate of drug-likeness (QED) is 0.507. The van der Waals surface area contributed by atoms with Crippen LogP contribution in [0.5, 0.6) is 0 Å². The molecule has 1 aromatic carbocycles. The van der Waals surface area contributed by atoms with Gasteiger partial charge in [0, 0.05) is 0 Å². The molecule has 2 aromatic heterocycles. The fraction of sp³-hybridized carbons (Fsp3) is 0.188. The van der Waals surface area contributed by atoms with Gasteiger partial charge in [0.05, 0.1) is 28.7 Å². The van der Waals surface area contributed by atoms with Crippen LogP contribution in [-0.2, 0) is 6.18 Å². The third-order valence-electron chi connectivity index (χ3n) is 3.69. The van der Waals surface area contributed by atoms with Crippen molar-refractivity contribution in [3.8, 4) is 5.69 Å². The number of aromatic amines is 1. The standard InChI is InChI=1S/C16H13ClF3N7O/c1-8-12(7-21-24-15-22-14(28)9(2)23-25-15)13(17)27(26-8)11-5-3-4-10(6-11)16(18,19)20/h3-7H,1-2H3,(H2,22,24,25,28). The second-order valence-electron chi connectivity index (χ2n) is 5.71. The smallest absolute Gasteiger partial charge is 0.288 e. The van der Waals surface area contributed by atoms with E-state index in [1.165, 1.54) is 30.0 Å². The molecular formula is C16H13ClF3N7O. The Balaban J connectivity index is 1.88. The molecule has 0 amide bonds. The molecule has 0 spiro atoms. The van der Waals surface area contributed by atoms with Gasteiger partial charge in [-0.25, -0.2) is 10.1 Å². The van der Waals surface area contributed by atoms with E-state index >= 15 is 0 Å². The molecule has 0 aliphatic rings. The molecule has 0 aliphatic heterocycles. The molecular weight excluding hydrogens is 399 g/mol. The molecule has 0 saturated heterocycles. The Morgan fingerprint density at radius 3 is 2.68 bits per heavy atom. The number of anilines is 1. The number of nitrogens with zero attached hydrogens (tertiary/aromatic N) is 5. The van der Waals surface area contributed by atoms with E-state index in [1.807, 2.05) is 0 Å². The maximum absolute atomic E-state index is 12.9. The first-order valence-electron chi connectivity index (χ1n) is 7.82. The van der Waals surface area contributed by atoms with Crippen LogP contribution in [0.2, 0.25) is 5.15 Å². The average molecular weight is 412 g/mol. The summed E-state index contributed by atoms with van der Waals surface area (Å²) >= 11 is 6.27. The van der Waals surface area contributed by atoms with Gasteiger partial charge in [-0.3, -0.25) is 9.78 Å². The van der Waals surface area contributed by atoms with Gasteiger partial charge in [-0.15, -0.1) is 10.2 Å². The van der Waals surface area contributed by atoms with E-state index in [0.29, 0.717) is 11.3 Å². The largest absolute Gasteiger partial charge is 0.416 e. The van der Waals surface area contributed by atoms with Crippen LogP contribution < -0.4 is 11.0 Å². The summed E-state index contributed by atoms with van der Waals surface area (Å²) in [6.45, 7) is 3.13. The molecule has 2 heterocycles. The van der Waals surface area contributed by atoms with Crippen LogP contribution >= 0.6 is 11.6 Å². The van der Waals surface area contributed by atoms with Crippen molar-refractivity contribution in [2.24, 2.45) is 5.10 Å². The van der Waals surface area contributed by atoms with Crippen molar-refractivity contribution in [1.29, 1.82) is 0 Å². The van der Waals surface area contributed by atoms with Crippen molar-refractivity contribution >= 4 is 23.8 Å². The lowest BCUT2D eigenvalue weighted by Crippen LogP contribution is -2.15. The number of hydrogen-bond donors (Lipinski definition) is 2. The summed E-state index contributed by atoms with van der Waals surface area (Å²) in [5.74, 6) is 0.0193. The van der Waals surface area contributed by atoms with Crippen LogP contribution in [0.4, 0.5) is 19.1 Å². The molecule has 146 valence electrons. The van der Waals surface area contributed by atoms with Gasteiger partial charge in [0.1, 0.15) is 10.8 Å². The van der Waals surface area contributed by atoms with E-state index < -0.39 is 17.3 Å². The van der Waals surface area contributed by atoms with Gasteiger partial charge in [-0.05, 0) is 32.0 Å². The first-order chi connectivity index (χ1) is 13.2. The van der Waals surface area contributed by atoms with Gasteiger partial charge in [0.2, 0.25) is 5.95 Å². The normalized spacial score (nSPS) is 11.9. The van der Waals surface area contributed by atoms with Crippen molar-refractivity contribution < 1.29 is 13.2 Å². The zero-order valence-corrected chi connectivity index (χ0v) is 15.3. The van der Waals surface area contributed by atoms with E-state index in [2.05, 4.69) is 30.8 Å². The molecule has 3 rings (SSSR count). The molecule has 0 unspecified atom stereocenters. The number of aromatic nitrogens is 5. The van der Waals surface area contributed by atoms with Crippen LogP contribution in [0.15, 0.2) is 34.2 Å². The minimum absolute atomic E-state index is 0.0193. The van der Waals surface area contributed by atoms with Gasteiger partial charge >= 0.3 is 6.18 Å². The van der Waals surface area contributed by atoms with Crippen LogP contribution in [-0.4, -0.2) is 31.2 Å². The number of halogens is 4. The SMILES string of the molecule is Cc1nn(-c2cccc(C(F)(F)F)c2)c(Cl)c1C=NNc1nnc(C)c(=O)[nH]1. The first kappa shape index (κ1) is 19.5. The van der Waals surface area contributed by atoms with Crippen LogP contribution in [0, 0.1) is 13.8 Å². The Morgan fingerprint density at radius 2 is 2.00 bits per heavy atom. The average Bonchev–Trinajstić information content (AvgIpc) is 2.92. The van der Waals surface area contributed by atoms with Gasteiger partial charge in [0.25, 0.3) is 5.56 Å². The highest BCUT2D eigenvalue weighted by molar-refractivity contribution is 6.32. The number of rotatable bonds is 4. The highest BCUT2D eigenvalue weighted by Gasteiger charge is 2.30.